The Morgan fingerprint density at radius 3 is 2.95 bits per heavy atom. The molecular weight excluding hydrogens is 240 g/mol. The van der Waals surface area contributed by atoms with Gasteiger partial charge in [0.15, 0.2) is 0 Å². The lowest BCUT2D eigenvalue weighted by molar-refractivity contribution is -0.130. The van der Waals surface area contributed by atoms with E-state index in [9.17, 15) is 4.79 Å². The van der Waals surface area contributed by atoms with Gasteiger partial charge in [0.25, 0.3) is 0 Å². The molecule has 1 aliphatic rings. The lowest BCUT2D eigenvalue weighted by Gasteiger charge is -2.19. The quantitative estimate of drug-likeness (QED) is 0.823. The summed E-state index contributed by atoms with van der Waals surface area (Å²) in [6.07, 6.45) is 4.80. The zero-order valence-electron chi connectivity index (χ0n) is 11.6. The molecule has 102 valence electrons. The third-order valence-electron chi connectivity index (χ3n) is 3.70. The Bertz CT molecular complexity index is 512. The van der Waals surface area contributed by atoms with Crippen LogP contribution in [0.3, 0.4) is 0 Å². The van der Waals surface area contributed by atoms with Gasteiger partial charge in [0.2, 0.25) is 5.91 Å². The van der Waals surface area contributed by atoms with Crippen molar-refractivity contribution in [3.63, 3.8) is 0 Å². The van der Waals surface area contributed by atoms with Crippen LogP contribution in [0.4, 0.5) is 0 Å². The average Bonchev–Trinajstić information content (AvgIpc) is 2.72. The van der Waals surface area contributed by atoms with E-state index in [1.807, 2.05) is 11.5 Å². The molecule has 0 atom stereocenters. The number of hydrogen-bond donors (Lipinski definition) is 0. The van der Waals surface area contributed by atoms with Gasteiger partial charge in [0.05, 0.1) is 18.2 Å². The normalized spacial score (nSPS) is 13.7. The van der Waals surface area contributed by atoms with E-state index in [1.54, 1.807) is 11.9 Å². The van der Waals surface area contributed by atoms with Crippen molar-refractivity contribution in [1.29, 1.82) is 5.26 Å². The second-order valence-corrected chi connectivity index (χ2v) is 5.07. The summed E-state index contributed by atoms with van der Waals surface area (Å²) in [6, 6.07) is 2.06. The van der Waals surface area contributed by atoms with Gasteiger partial charge in [0, 0.05) is 19.3 Å². The van der Waals surface area contributed by atoms with Gasteiger partial charge in [-0.2, -0.15) is 5.26 Å². The molecule has 1 aromatic heterocycles. The van der Waals surface area contributed by atoms with Crippen molar-refractivity contribution >= 4 is 5.91 Å². The first-order valence-corrected chi connectivity index (χ1v) is 6.79. The van der Waals surface area contributed by atoms with Gasteiger partial charge in [0.1, 0.15) is 12.4 Å². The molecule has 0 radical (unpaired) electrons. The summed E-state index contributed by atoms with van der Waals surface area (Å²) >= 11 is 0. The number of aromatic nitrogens is 2. The summed E-state index contributed by atoms with van der Waals surface area (Å²) < 4.78 is 2.04. The highest BCUT2D eigenvalue weighted by Crippen LogP contribution is 2.22. The van der Waals surface area contributed by atoms with Crippen LogP contribution in [-0.4, -0.2) is 34.0 Å². The summed E-state index contributed by atoms with van der Waals surface area (Å²) in [5, 5.41) is 8.55. The summed E-state index contributed by atoms with van der Waals surface area (Å²) in [6.45, 7) is 2.79. The van der Waals surface area contributed by atoms with Crippen LogP contribution in [0.25, 0.3) is 0 Å². The van der Waals surface area contributed by atoms with Gasteiger partial charge in [-0.25, -0.2) is 4.98 Å². The highest BCUT2D eigenvalue weighted by atomic mass is 16.2. The number of aryl methyl sites for hydroxylation is 2. The predicted molar refractivity (Wildman–Crippen MR) is 71.5 cm³/mol. The fourth-order valence-electron chi connectivity index (χ4n) is 2.54. The number of carbonyl (C=O) groups is 1. The molecule has 0 fully saturated rings. The van der Waals surface area contributed by atoms with E-state index in [0.717, 1.165) is 24.4 Å². The maximum atomic E-state index is 12.1. The van der Waals surface area contributed by atoms with Crippen molar-refractivity contribution in [3.8, 4) is 6.07 Å². The number of carbonyl (C=O) groups excluding carboxylic acids is 1. The molecule has 5 nitrogen and oxygen atoms in total. The molecule has 1 amide bonds. The zero-order valence-corrected chi connectivity index (χ0v) is 11.6. The first-order chi connectivity index (χ1) is 9.13. The second-order valence-electron chi connectivity index (χ2n) is 5.07. The van der Waals surface area contributed by atoms with Crippen molar-refractivity contribution in [2.24, 2.45) is 0 Å². The molecule has 1 aromatic rings. The fourth-order valence-corrected chi connectivity index (χ4v) is 2.54. The first kappa shape index (κ1) is 13.6. The Morgan fingerprint density at radius 2 is 2.21 bits per heavy atom. The summed E-state index contributed by atoms with van der Waals surface area (Å²) in [7, 11) is 1.75. The number of hydrogen-bond acceptors (Lipinski definition) is 3. The maximum Gasteiger partial charge on any atom is 0.242 e. The maximum absolute atomic E-state index is 12.1. The van der Waals surface area contributed by atoms with Crippen LogP contribution in [0.1, 0.15) is 36.5 Å². The highest BCUT2D eigenvalue weighted by molar-refractivity contribution is 5.75. The van der Waals surface area contributed by atoms with E-state index < -0.39 is 0 Å². The third kappa shape index (κ3) is 2.95. The number of nitriles is 1. The Hall–Kier alpha value is -1.83. The third-order valence-corrected chi connectivity index (χ3v) is 3.70. The monoisotopic (exact) mass is 260 g/mol. The van der Waals surface area contributed by atoms with Crippen molar-refractivity contribution < 1.29 is 4.79 Å². The molecule has 19 heavy (non-hydrogen) atoms. The van der Waals surface area contributed by atoms with Crippen molar-refractivity contribution in [3.05, 3.63) is 17.2 Å². The minimum Gasteiger partial charge on any atom is -0.343 e. The Morgan fingerprint density at radius 1 is 1.47 bits per heavy atom. The highest BCUT2D eigenvalue weighted by Gasteiger charge is 2.20. The molecule has 0 saturated heterocycles. The topological polar surface area (TPSA) is 61.9 Å². The van der Waals surface area contributed by atoms with Crippen LogP contribution >= 0.6 is 0 Å². The molecule has 0 unspecified atom stereocenters. The summed E-state index contributed by atoms with van der Waals surface area (Å²) in [4.78, 5) is 18.3. The Labute approximate surface area is 113 Å². The van der Waals surface area contributed by atoms with Gasteiger partial charge in [-0.05, 0) is 32.6 Å². The van der Waals surface area contributed by atoms with Crippen LogP contribution in [0.15, 0.2) is 0 Å². The molecule has 1 aliphatic carbocycles. The lowest BCUT2D eigenvalue weighted by atomic mass is 10.0. The SMILES string of the molecule is Cc1nc2c(n1CC(=O)N(C)CCC#N)CCCC2. The minimum absolute atomic E-state index is 0.0455. The molecule has 0 aliphatic heterocycles. The molecule has 0 aromatic carbocycles. The van der Waals surface area contributed by atoms with Gasteiger partial charge < -0.3 is 9.47 Å². The molecule has 0 N–H and O–H groups in total. The van der Waals surface area contributed by atoms with Crippen LogP contribution in [0.5, 0.6) is 0 Å². The van der Waals surface area contributed by atoms with E-state index in [2.05, 4.69) is 11.1 Å². The fraction of sp³-hybridized carbons (Fsp3) is 0.643. The summed E-state index contributed by atoms with van der Waals surface area (Å²) in [5.74, 6) is 0.970. The standard InChI is InChI=1S/C14H20N4O/c1-11-16-12-6-3-4-7-13(12)18(11)10-14(19)17(2)9-5-8-15/h3-7,9-10H2,1-2H3. The van der Waals surface area contributed by atoms with Gasteiger partial charge in [-0.3, -0.25) is 4.79 Å². The lowest BCUT2D eigenvalue weighted by Crippen LogP contribution is -2.31. The molecular formula is C14H20N4O. The van der Waals surface area contributed by atoms with Gasteiger partial charge >= 0.3 is 0 Å². The smallest absolute Gasteiger partial charge is 0.242 e. The first-order valence-electron chi connectivity index (χ1n) is 6.79. The number of likely N-dealkylation sites (N-methyl/N-ethyl adjacent to an activating group) is 1. The van der Waals surface area contributed by atoms with Crippen molar-refractivity contribution in [2.75, 3.05) is 13.6 Å². The van der Waals surface area contributed by atoms with Crippen LogP contribution in [0, 0.1) is 18.3 Å². The van der Waals surface area contributed by atoms with E-state index in [0.29, 0.717) is 19.5 Å². The number of rotatable bonds is 4. The molecule has 0 spiro atoms. The number of amides is 1. The van der Waals surface area contributed by atoms with Crippen LogP contribution in [-0.2, 0) is 24.2 Å². The number of nitrogens with zero attached hydrogens (tertiary/aromatic N) is 4. The Balaban J connectivity index is 2.09. The molecule has 0 bridgehead atoms. The van der Waals surface area contributed by atoms with E-state index >= 15 is 0 Å². The van der Waals surface area contributed by atoms with E-state index in [1.165, 1.54) is 18.5 Å². The zero-order chi connectivity index (χ0) is 13.8. The van der Waals surface area contributed by atoms with Crippen molar-refractivity contribution in [1.82, 2.24) is 14.5 Å². The molecule has 1 heterocycles. The molecule has 2 rings (SSSR count). The largest absolute Gasteiger partial charge is 0.343 e. The summed E-state index contributed by atoms with van der Waals surface area (Å²) in [5.41, 5.74) is 2.39. The average molecular weight is 260 g/mol. The molecule has 5 heteroatoms. The number of imidazole rings is 1. The van der Waals surface area contributed by atoms with E-state index in [4.69, 9.17) is 5.26 Å². The van der Waals surface area contributed by atoms with Crippen molar-refractivity contribution in [2.45, 2.75) is 45.6 Å². The molecule has 0 saturated carbocycles. The predicted octanol–water partition coefficient (Wildman–Crippen LogP) is 1.44. The van der Waals surface area contributed by atoms with Gasteiger partial charge in [-0.1, -0.05) is 0 Å². The minimum atomic E-state index is 0.0455. The second kappa shape index (κ2) is 5.87. The van der Waals surface area contributed by atoms with Crippen LogP contribution < -0.4 is 0 Å². The Kier molecular flexibility index (Phi) is 4.20. The van der Waals surface area contributed by atoms with Gasteiger partial charge in [-0.15, -0.1) is 0 Å². The number of fused-ring (bicyclic) bond motifs is 1. The van der Waals surface area contributed by atoms with Crippen LogP contribution in [0.2, 0.25) is 0 Å². The van der Waals surface area contributed by atoms with E-state index in [-0.39, 0.29) is 5.91 Å².